The number of hydrogen-bond acceptors (Lipinski definition) is 9. The van der Waals surface area contributed by atoms with Gasteiger partial charge in [0, 0.05) is 36.9 Å². The number of esters is 1. The highest BCUT2D eigenvalue weighted by molar-refractivity contribution is 5.94. The molecule has 0 aromatic heterocycles. The maximum atomic E-state index is 13.6. The Bertz CT molecular complexity index is 1110. The van der Waals surface area contributed by atoms with Gasteiger partial charge in [-0.1, -0.05) is 31.6 Å². The molecule has 1 aliphatic rings. The first-order valence-electron chi connectivity index (χ1n) is 15.5. The van der Waals surface area contributed by atoms with E-state index in [1.165, 1.54) is 12.2 Å². The first kappa shape index (κ1) is 39.3. The van der Waals surface area contributed by atoms with Crippen molar-refractivity contribution in [3.8, 4) is 0 Å². The Hall–Kier alpha value is -3.74. The van der Waals surface area contributed by atoms with Crippen molar-refractivity contribution >= 4 is 35.6 Å². The van der Waals surface area contributed by atoms with Crippen molar-refractivity contribution in [1.29, 1.82) is 0 Å². The second kappa shape index (κ2) is 18.9. The van der Waals surface area contributed by atoms with Crippen molar-refractivity contribution in [2.24, 2.45) is 17.8 Å². The molecule has 0 aromatic carbocycles. The first-order chi connectivity index (χ1) is 21.0. The summed E-state index contributed by atoms with van der Waals surface area (Å²) in [5.74, 6) is -3.91. The number of hydrogen-bond donors (Lipinski definition) is 5. The molecule has 5 N–H and O–H groups in total. The number of ketones is 1. The van der Waals surface area contributed by atoms with E-state index in [0.29, 0.717) is 13.0 Å². The summed E-state index contributed by atoms with van der Waals surface area (Å²) in [6.45, 7) is 13.8. The second-order valence-electron chi connectivity index (χ2n) is 12.7. The molecule has 1 rings (SSSR count). The van der Waals surface area contributed by atoms with Crippen LogP contribution in [0.5, 0.6) is 0 Å². The largest absolute Gasteiger partial charge is 0.463 e. The molecule has 13 nitrogen and oxygen atoms in total. The standard InChI is InChI=1S/C32H52N4O9/c1-9-44-26(39)13-12-23(16-22-14-15-33-28(22)40)34-29(41)21(11-10-19(2)3)17-25(38)27(20(4)5)36-30(42)24(18-37)35-31(43)45-32(6,7)8/h10,12-13,20-24,27,37H,9,11,14-18H2,1-8H3,(H,33,40)(H,34,41)(H,35,43)(H,36,42)/b13-12+/t21-,22+,23-,24+,27+/m1/s1. The van der Waals surface area contributed by atoms with Crippen molar-refractivity contribution in [2.45, 2.75) is 105 Å². The van der Waals surface area contributed by atoms with Gasteiger partial charge in [0.25, 0.3) is 0 Å². The SMILES string of the molecule is CCOC(=O)/C=C/[C@H](C[C@@H]1CCNC1=O)NC(=O)[C@H](CC=C(C)C)CC(=O)[C@@H](NC(=O)[C@H](CO)NC(=O)OC(C)(C)C)C(C)C. The van der Waals surface area contributed by atoms with E-state index in [2.05, 4.69) is 21.3 Å². The lowest BCUT2D eigenvalue weighted by atomic mass is 9.89. The third-order valence-corrected chi connectivity index (χ3v) is 6.91. The number of alkyl carbamates (subject to hydrolysis) is 1. The maximum absolute atomic E-state index is 13.6. The van der Waals surface area contributed by atoms with Crippen LogP contribution in [0, 0.1) is 17.8 Å². The first-order valence-corrected chi connectivity index (χ1v) is 15.5. The van der Waals surface area contributed by atoms with Gasteiger partial charge in [-0.3, -0.25) is 19.2 Å². The van der Waals surface area contributed by atoms with Gasteiger partial charge < -0.3 is 35.8 Å². The molecule has 1 heterocycles. The number of carbonyl (C=O) groups excluding carboxylic acids is 6. The number of rotatable bonds is 17. The van der Waals surface area contributed by atoms with E-state index in [1.807, 2.05) is 19.9 Å². The fraction of sp³-hybridized carbons (Fsp3) is 0.688. The summed E-state index contributed by atoms with van der Waals surface area (Å²) >= 11 is 0. The summed E-state index contributed by atoms with van der Waals surface area (Å²) in [5.41, 5.74) is 0.115. The molecule has 5 atom stereocenters. The van der Waals surface area contributed by atoms with Crippen molar-refractivity contribution in [2.75, 3.05) is 19.8 Å². The van der Waals surface area contributed by atoms with Crippen molar-refractivity contribution < 1.29 is 43.3 Å². The van der Waals surface area contributed by atoms with Gasteiger partial charge in [-0.05, 0) is 66.7 Å². The molecule has 45 heavy (non-hydrogen) atoms. The summed E-state index contributed by atoms with van der Waals surface area (Å²) in [7, 11) is 0. The molecule has 0 spiro atoms. The Balaban J connectivity index is 3.14. The van der Waals surface area contributed by atoms with Crippen LogP contribution >= 0.6 is 0 Å². The minimum atomic E-state index is -1.36. The zero-order valence-corrected chi connectivity index (χ0v) is 27.9. The molecule has 1 saturated heterocycles. The highest BCUT2D eigenvalue weighted by Crippen LogP contribution is 2.20. The van der Waals surface area contributed by atoms with E-state index in [-0.39, 0.29) is 43.6 Å². The highest BCUT2D eigenvalue weighted by Gasteiger charge is 2.33. The van der Waals surface area contributed by atoms with Crippen molar-refractivity contribution in [1.82, 2.24) is 21.3 Å². The normalized spacial score (nSPS) is 17.5. The van der Waals surface area contributed by atoms with Crippen LogP contribution in [0.4, 0.5) is 4.79 Å². The molecule has 0 aliphatic carbocycles. The molecule has 0 aromatic rings. The minimum absolute atomic E-state index is 0.132. The van der Waals surface area contributed by atoms with E-state index in [9.17, 15) is 33.9 Å². The summed E-state index contributed by atoms with van der Waals surface area (Å²) in [5, 5.41) is 20.3. The molecular formula is C32H52N4O9. The number of amides is 4. The molecule has 254 valence electrons. The number of carbonyl (C=O) groups is 6. The molecular weight excluding hydrogens is 584 g/mol. The zero-order valence-electron chi connectivity index (χ0n) is 27.9. The van der Waals surface area contributed by atoms with Gasteiger partial charge in [-0.2, -0.15) is 0 Å². The maximum Gasteiger partial charge on any atom is 0.408 e. The van der Waals surface area contributed by atoms with Gasteiger partial charge >= 0.3 is 12.1 Å². The lowest BCUT2D eigenvalue weighted by molar-refractivity contribution is -0.137. The van der Waals surface area contributed by atoms with Gasteiger partial charge in [-0.25, -0.2) is 9.59 Å². The third kappa shape index (κ3) is 15.2. The van der Waals surface area contributed by atoms with E-state index in [1.54, 1.807) is 41.5 Å². The minimum Gasteiger partial charge on any atom is -0.463 e. The summed E-state index contributed by atoms with van der Waals surface area (Å²) in [6, 6.07) is -3.06. The van der Waals surface area contributed by atoms with Gasteiger partial charge in [-0.15, -0.1) is 0 Å². The van der Waals surface area contributed by atoms with E-state index < -0.39 is 65.9 Å². The molecule has 0 bridgehead atoms. The van der Waals surface area contributed by atoms with Crippen LogP contribution < -0.4 is 21.3 Å². The quantitative estimate of drug-likeness (QED) is 0.0904. The van der Waals surface area contributed by atoms with E-state index >= 15 is 0 Å². The predicted octanol–water partition coefficient (Wildman–Crippen LogP) is 2.07. The predicted molar refractivity (Wildman–Crippen MR) is 168 cm³/mol. The zero-order chi connectivity index (χ0) is 34.3. The molecule has 13 heteroatoms. The van der Waals surface area contributed by atoms with Crippen molar-refractivity contribution in [3.05, 3.63) is 23.8 Å². The third-order valence-electron chi connectivity index (χ3n) is 6.91. The number of aliphatic hydroxyl groups excluding tert-OH is 1. The van der Waals surface area contributed by atoms with Gasteiger partial charge in [0.05, 0.1) is 19.3 Å². The van der Waals surface area contributed by atoms with Gasteiger partial charge in [0.2, 0.25) is 17.7 Å². The average molecular weight is 637 g/mol. The summed E-state index contributed by atoms with van der Waals surface area (Å²) in [6.07, 6.45) is 4.50. The molecule has 0 radical (unpaired) electrons. The molecule has 1 aliphatic heterocycles. The fourth-order valence-electron chi connectivity index (χ4n) is 4.60. The van der Waals surface area contributed by atoms with Crippen LogP contribution in [-0.4, -0.2) is 84.2 Å². The summed E-state index contributed by atoms with van der Waals surface area (Å²) in [4.78, 5) is 76.5. The molecule has 0 saturated carbocycles. The van der Waals surface area contributed by atoms with E-state index in [4.69, 9.17) is 9.47 Å². The monoisotopic (exact) mass is 636 g/mol. The lowest BCUT2D eigenvalue weighted by Crippen LogP contribution is -2.55. The molecule has 0 unspecified atom stereocenters. The van der Waals surface area contributed by atoms with Crippen LogP contribution in [0.3, 0.4) is 0 Å². The number of aliphatic hydroxyl groups is 1. The Morgan fingerprint density at radius 1 is 1.07 bits per heavy atom. The smallest absolute Gasteiger partial charge is 0.408 e. The van der Waals surface area contributed by atoms with Crippen LogP contribution in [0.2, 0.25) is 0 Å². The Morgan fingerprint density at radius 3 is 2.24 bits per heavy atom. The summed E-state index contributed by atoms with van der Waals surface area (Å²) < 4.78 is 10.1. The number of Topliss-reactive ketones (excluding diaryl/α,β-unsaturated/α-hetero) is 1. The number of ether oxygens (including phenoxy) is 2. The van der Waals surface area contributed by atoms with Crippen LogP contribution in [0.15, 0.2) is 23.8 Å². The Labute approximate surface area is 266 Å². The lowest BCUT2D eigenvalue weighted by Gasteiger charge is -2.27. The van der Waals surface area contributed by atoms with E-state index in [0.717, 1.165) is 5.57 Å². The average Bonchev–Trinajstić information content (AvgIpc) is 3.33. The topological polar surface area (TPSA) is 189 Å². The molecule has 1 fully saturated rings. The van der Waals surface area contributed by atoms with Crippen molar-refractivity contribution in [3.63, 3.8) is 0 Å². The number of nitrogens with one attached hydrogen (secondary N) is 4. The number of allylic oxidation sites excluding steroid dienone is 2. The highest BCUT2D eigenvalue weighted by atomic mass is 16.6. The second-order valence-corrected chi connectivity index (χ2v) is 12.7. The Morgan fingerprint density at radius 2 is 1.73 bits per heavy atom. The van der Waals surface area contributed by atoms with Crippen LogP contribution in [-0.2, 0) is 33.4 Å². The Kier molecular flexibility index (Phi) is 16.5. The van der Waals surface area contributed by atoms with Gasteiger partial charge in [0.15, 0.2) is 5.78 Å². The van der Waals surface area contributed by atoms with Crippen LogP contribution in [0.25, 0.3) is 0 Å². The van der Waals surface area contributed by atoms with Crippen LogP contribution in [0.1, 0.15) is 81.1 Å². The fourth-order valence-corrected chi connectivity index (χ4v) is 4.60. The van der Waals surface area contributed by atoms with Gasteiger partial charge in [0.1, 0.15) is 11.6 Å². The molecule has 4 amide bonds.